The normalized spacial score (nSPS) is 16.8. The molecule has 0 spiro atoms. The van der Waals surface area contributed by atoms with Crippen LogP contribution in [-0.4, -0.2) is 38.1 Å². The largest absolute Gasteiger partial charge is 0.345 e. The molecule has 2 aromatic heterocycles. The highest BCUT2D eigenvalue weighted by Gasteiger charge is 2.34. The van der Waals surface area contributed by atoms with Gasteiger partial charge in [-0.1, -0.05) is 25.6 Å². The molecule has 1 aliphatic heterocycles. The first-order chi connectivity index (χ1) is 12.3. The number of nitrogens with zero attached hydrogens (tertiary/aromatic N) is 3. The van der Waals surface area contributed by atoms with Crippen LogP contribution in [0.1, 0.15) is 42.5 Å². The predicted molar refractivity (Wildman–Crippen MR) is 104 cm³/mol. The number of aromatic nitrogens is 3. The fourth-order valence-corrected chi connectivity index (χ4v) is 4.21. The summed E-state index contributed by atoms with van der Waals surface area (Å²) < 4.78 is 2.29. The SMILES string of the molecule is CSc1nc(C)c(CC(=O)N2CCn3c(C)ccc3C2C(C)C)c(=O)[nH]1. The Hall–Kier alpha value is -2.02. The fourth-order valence-electron chi connectivity index (χ4n) is 3.78. The molecule has 0 saturated heterocycles. The van der Waals surface area contributed by atoms with Crippen LogP contribution in [0.2, 0.25) is 0 Å². The Morgan fingerprint density at radius 3 is 2.69 bits per heavy atom. The van der Waals surface area contributed by atoms with Crippen molar-refractivity contribution in [3.63, 3.8) is 0 Å². The molecule has 6 nitrogen and oxygen atoms in total. The highest BCUT2D eigenvalue weighted by molar-refractivity contribution is 7.98. The summed E-state index contributed by atoms with van der Waals surface area (Å²) in [4.78, 5) is 34.5. The van der Waals surface area contributed by atoms with Crippen LogP contribution in [0, 0.1) is 19.8 Å². The monoisotopic (exact) mass is 374 g/mol. The van der Waals surface area contributed by atoms with Crippen LogP contribution in [0.3, 0.4) is 0 Å². The standard InChI is InChI=1S/C19H26N4O2S/c1-11(2)17-15-7-6-12(3)22(15)8-9-23(17)16(24)10-14-13(4)20-19(26-5)21-18(14)25/h6-7,11,17H,8-10H2,1-5H3,(H,20,21,25). The van der Waals surface area contributed by atoms with Crippen molar-refractivity contribution in [2.24, 2.45) is 5.92 Å². The Balaban J connectivity index is 1.89. The Kier molecular flexibility index (Phi) is 5.27. The Bertz CT molecular complexity index is 884. The maximum absolute atomic E-state index is 13.1. The van der Waals surface area contributed by atoms with E-state index in [1.54, 1.807) is 6.92 Å². The van der Waals surface area contributed by atoms with Crippen molar-refractivity contribution in [3.05, 3.63) is 45.1 Å². The van der Waals surface area contributed by atoms with Gasteiger partial charge in [-0.3, -0.25) is 9.59 Å². The molecule has 0 bridgehead atoms. The van der Waals surface area contributed by atoms with Gasteiger partial charge in [0.2, 0.25) is 5.91 Å². The van der Waals surface area contributed by atoms with E-state index in [0.29, 0.717) is 28.9 Å². The van der Waals surface area contributed by atoms with Crippen LogP contribution in [0.25, 0.3) is 0 Å². The van der Waals surface area contributed by atoms with E-state index in [0.717, 1.165) is 6.54 Å². The topological polar surface area (TPSA) is 71.0 Å². The Labute approximate surface area is 158 Å². The van der Waals surface area contributed by atoms with Crippen LogP contribution >= 0.6 is 11.8 Å². The summed E-state index contributed by atoms with van der Waals surface area (Å²) in [6, 6.07) is 4.26. The number of aromatic amines is 1. The van der Waals surface area contributed by atoms with Gasteiger partial charge >= 0.3 is 0 Å². The number of carbonyl (C=O) groups excluding carboxylic acids is 1. The fraction of sp³-hybridized carbons (Fsp3) is 0.526. The molecule has 0 fully saturated rings. The smallest absolute Gasteiger partial charge is 0.255 e. The van der Waals surface area contributed by atoms with Crippen LogP contribution < -0.4 is 5.56 Å². The third-order valence-electron chi connectivity index (χ3n) is 5.11. The van der Waals surface area contributed by atoms with Gasteiger partial charge in [0.25, 0.3) is 5.56 Å². The summed E-state index contributed by atoms with van der Waals surface area (Å²) in [5, 5.41) is 0.579. The van der Waals surface area contributed by atoms with Crippen LogP contribution in [0.5, 0.6) is 0 Å². The second kappa shape index (κ2) is 7.31. The van der Waals surface area contributed by atoms with Gasteiger partial charge in [0.15, 0.2) is 5.16 Å². The lowest BCUT2D eigenvalue weighted by Gasteiger charge is -2.40. The molecule has 3 heterocycles. The molecule has 140 valence electrons. The maximum Gasteiger partial charge on any atom is 0.255 e. The highest BCUT2D eigenvalue weighted by atomic mass is 32.2. The summed E-state index contributed by atoms with van der Waals surface area (Å²) in [7, 11) is 0. The molecule has 3 rings (SSSR count). The van der Waals surface area contributed by atoms with Gasteiger partial charge in [0.05, 0.1) is 12.5 Å². The molecule has 7 heteroatoms. The van der Waals surface area contributed by atoms with Crippen molar-refractivity contribution in [3.8, 4) is 0 Å². The van der Waals surface area contributed by atoms with E-state index >= 15 is 0 Å². The van der Waals surface area contributed by atoms with Gasteiger partial charge < -0.3 is 14.5 Å². The third-order valence-corrected chi connectivity index (χ3v) is 5.69. The number of rotatable bonds is 4. The molecule has 0 aromatic carbocycles. The number of hydrogen-bond acceptors (Lipinski definition) is 4. The minimum absolute atomic E-state index is 0.0129. The zero-order valence-electron chi connectivity index (χ0n) is 16.0. The average molecular weight is 375 g/mol. The number of aryl methyl sites for hydroxylation is 2. The van der Waals surface area contributed by atoms with Crippen LogP contribution in [0.15, 0.2) is 22.1 Å². The first kappa shape index (κ1) is 18.8. The molecule has 1 atom stereocenters. The van der Waals surface area contributed by atoms with E-state index in [1.165, 1.54) is 23.1 Å². The van der Waals surface area contributed by atoms with Crippen LogP contribution in [-0.2, 0) is 17.8 Å². The van der Waals surface area contributed by atoms with Gasteiger partial charge in [-0.25, -0.2) is 4.98 Å². The van der Waals surface area contributed by atoms with E-state index in [9.17, 15) is 9.59 Å². The lowest BCUT2D eigenvalue weighted by atomic mass is 9.96. The molecule has 1 aliphatic rings. The summed E-state index contributed by atoms with van der Waals surface area (Å²) in [6.45, 7) is 9.62. The molecular weight excluding hydrogens is 348 g/mol. The highest BCUT2D eigenvalue weighted by Crippen LogP contribution is 2.33. The second-order valence-electron chi connectivity index (χ2n) is 7.14. The van der Waals surface area contributed by atoms with E-state index in [2.05, 4.69) is 47.4 Å². The molecule has 1 N–H and O–H groups in total. The molecule has 1 unspecified atom stereocenters. The van der Waals surface area contributed by atoms with Gasteiger partial charge in [-0.15, -0.1) is 0 Å². The quantitative estimate of drug-likeness (QED) is 0.660. The van der Waals surface area contributed by atoms with Crippen molar-refractivity contribution in [1.29, 1.82) is 0 Å². The number of nitrogens with one attached hydrogen (secondary N) is 1. The lowest BCUT2D eigenvalue weighted by Crippen LogP contribution is -2.45. The minimum atomic E-state index is -0.215. The number of fused-ring (bicyclic) bond motifs is 1. The van der Waals surface area contributed by atoms with Gasteiger partial charge in [-0.2, -0.15) is 0 Å². The van der Waals surface area contributed by atoms with E-state index in [1.807, 2.05) is 11.2 Å². The van der Waals surface area contributed by atoms with Crippen molar-refractivity contribution in [2.45, 2.75) is 51.9 Å². The summed E-state index contributed by atoms with van der Waals surface area (Å²) in [5.41, 5.74) is 3.28. The molecular formula is C19H26N4O2S. The number of carbonyl (C=O) groups is 1. The summed E-state index contributed by atoms with van der Waals surface area (Å²) in [5.74, 6) is 0.282. The van der Waals surface area contributed by atoms with Crippen molar-refractivity contribution in [2.75, 3.05) is 12.8 Å². The first-order valence-electron chi connectivity index (χ1n) is 8.92. The maximum atomic E-state index is 13.1. The minimum Gasteiger partial charge on any atom is -0.345 e. The van der Waals surface area contributed by atoms with Crippen molar-refractivity contribution < 1.29 is 4.79 Å². The molecule has 2 aromatic rings. The number of H-pyrrole nitrogens is 1. The number of thioether (sulfide) groups is 1. The molecule has 1 amide bonds. The Morgan fingerprint density at radius 2 is 2.08 bits per heavy atom. The van der Waals surface area contributed by atoms with Crippen LogP contribution in [0.4, 0.5) is 0 Å². The molecule has 0 radical (unpaired) electrons. The van der Waals surface area contributed by atoms with E-state index in [4.69, 9.17) is 0 Å². The van der Waals surface area contributed by atoms with E-state index < -0.39 is 0 Å². The van der Waals surface area contributed by atoms with Gasteiger partial charge in [0.1, 0.15) is 0 Å². The average Bonchev–Trinajstić information content (AvgIpc) is 2.97. The summed E-state index contributed by atoms with van der Waals surface area (Å²) >= 11 is 1.39. The number of amides is 1. The van der Waals surface area contributed by atoms with E-state index in [-0.39, 0.29) is 23.9 Å². The zero-order chi connectivity index (χ0) is 19.0. The Morgan fingerprint density at radius 1 is 1.35 bits per heavy atom. The number of hydrogen-bond donors (Lipinski definition) is 1. The molecule has 0 aliphatic carbocycles. The molecule has 26 heavy (non-hydrogen) atoms. The summed E-state index contributed by atoms with van der Waals surface area (Å²) in [6.07, 6.45) is 1.95. The zero-order valence-corrected chi connectivity index (χ0v) is 16.8. The predicted octanol–water partition coefficient (Wildman–Crippen LogP) is 2.69. The van der Waals surface area contributed by atoms with Gasteiger partial charge in [-0.05, 0) is 38.2 Å². The third kappa shape index (κ3) is 3.32. The van der Waals surface area contributed by atoms with Crippen molar-refractivity contribution in [1.82, 2.24) is 19.4 Å². The first-order valence-corrected chi connectivity index (χ1v) is 10.1. The molecule has 0 saturated carbocycles. The van der Waals surface area contributed by atoms with Crippen molar-refractivity contribution >= 4 is 17.7 Å². The lowest BCUT2D eigenvalue weighted by molar-refractivity contribution is -0.135. The van der Waals surface area contributed by atoms with Gasteiger partial charge in [0, 0.05) is 35.7 Å². The second-order valence-corrected chi connectivity index (χ2v) is 7.94.